The maximum atomic E-state index is 5.98. The lowest BCUT2D eigenvalue weighted by molar-refractivity contribution is 0.0360. The molecule has 12 heteroatoms. The van der Waals surface area contributed by atoms with Crippen molar-refractivity contribution in [3.63, 3.8) is 0 Å². The van der Waals surface area contributed by atoms with E-state index in [0.717, 1.165) is 23.6 Å². The van der Waals surface area contributed by atoms with E-state index in [1.54, 1.807) is 14.2 Å². The van der Waals surface area contributed by atoms with Gasteiger partial charge in [0.1, 0.15) is 18.0 Å². The fourth-order valence-corrected chi connectivity index (χ4v) is 4.54. The zero-order valence-electron chi connectivity index (χ0n) is 20.3. The summed E-state index contributed by atoms with van der Waals surface area (Å²) in [6.45, 7) is 8.76. The molecular weight excluding hydrogens is 456 g/mol. The number of nitrogens with zero attached hydrogens (tertiary/aromatic N) is 7. The van der Waals surface area contributed by atoms with Crippen LogP contribution >= 0.6 is 11.9 Å². The van der Waals surface area contributed by atoms with E-state index in [0.29, 0.717) is 36.4 Å². The quantitative estimate of drug-likeness (QED) is 0.449. The minimum absolute atomic E-state index is 0.0380. The van der Waals surface area contributed by atoms with Crippen LogP contribution in [0.1, 0.15) is 50.3 Å². The first kappa shape index (κ1) is 24.1. The molecule has 4 rings (SSSR count). The van der Waals surface area contributed by atoms with Gasteiger partial charge in [0.05, 0.1) is 26.4 Å². The lowest BCUT2D eigenvalue weighted by atomic mass is 9.97. The van der Waals surface area contributed by atoms with E-state index in [-0.39, 0.29) is 16.8 Å². The molecule has 1 N–H and O–H groups in total. The summed E-state index contributed by atoms with van der Waals surface area (Å²) < 4.78 is 22.3. The molecule has 0 radical (unpaired) electrons. The van der Waals surface area contributed by atoms with Crippen molar-refractivity contribution in [1.29, 1.82) is 0 Å². The second-order valence-corrected chi connectivity index (χ2v) is 10.1. The molecule has 0 aromatic carbocycles. The van der Waals surface area contributed by atoms with Gasteiger partial charge in [-0.1, -0.05) is 6.92 Å². The highest BCUT2D eigenvalue weighted by atomic mass is 32.2. The summed E-state index contributed by atoms with van der Waals surface area (Å²) in [6.07, 6.45) is 6.56. The van der Waals surface area contributed by atoms with Crippen molar-refractivity contribution in [1.82, 2.24) is 34.7 Å². The van der Waals surface area contributed by atoms with E-state index in [1.165, 1.54) is 18.3 Å². The van der Waals surface area contributed by atoms with E-state index in [2.05, 4.69) is 55.6 Å². The molecule has 11 nitrogen and oxygen atoms in total. The molecule has 0 bridgehead atoms. The summed E-state index contributed by atoms with van der Waals surface area (Å²) in [7, 11) is 3.12. The number of nitrogens with one attached hydrogen (secondary N) is 1. The van der Waals surface area contributed by atoms with Crippen molar-refractivity contribution in [2.45, 2.75) is 57.3 Å². The van der Waals surface area contributed by atoms with Gasteiger partial charge in [0, 0.05) is 30.0 Å². The zero-order valence-corrected chi connectivity index (χ0v) is 21.1. The largest absolute Gasteiger partial charge is 0.479 e. The summed E-state index contributed by atoms with van der Waals surface area (Å²) in [6, 6.07) is 0. The molecule has 3 aromatic heterocycles. The van der Waals surface area contributed by atoms with Gasteiger partial charge in [-0.3, -0.25) is 9.29 Å². The predicted molar refractivity (Wildman–Crippen MR) is 129 cm³/mol. The van der Waals surface area contributed by atoms with Crippen LogP contribution in [-0.2, 0) is 11.2 Å². The molecule has 1 aliphatic heterocycles. The maximum absolute atomic E-state index is 5.98. The van der Waals surface area contributed by atoms with Crippen LogP contribution in [0.5, 0.6) is 11.8 Å². The number of anilines is 1. The van der Waals surface area contributed by atoms with Crippen LogP contribution in [0.4, 0.5) is 5.95 Å². The molecule has 1 fully saturated rings. The summed E-state index contributed by atoms with van der Waals surface area (Å²) in [4.78, 5) is 17.4. The van der Waals surface area contributed by atoms with Crippen LogP contribution in [-0.4, -0.2) is 66.4 Å². The first-order valence-corrected chi connectivity index (χ1v) is 11.9. The molecule has 182 valence electrons. The SMILES string of the molecule is COc1ncnc(OC)c1-n1c(NSC(C)Cc2ncc(C)cn2)nnc1C1COC(C)(C)C1. The fraction of sp³-hybridized carbons (Fsp3) is 0.545. The molecular formula is C22H30N8O3S. The van der Waals surface area contributed by atoms with Crippen LogP contribution in [0.3, 0.4) is 0 Å². The van der Waals surface area contributed by atoms with Crippen LogP contribution < -0.4 is 14.2 Å². The highest BCUT2D eigenvalue weighted by Gasteiger charge is 2.37. The second-order valence-electron chi connectivity index (χ2n) is 8.84. The van der Waals surface area contributed by atoms with Gasteiger partial charge < -0.3 is 14.2 Å². The highest BCUT2D eigenvalue weighted by Crippen LogP contribution is 2.40. The number of rotatable bonds is 9. The van der Waals surface area contributed by atoms with Crippen molar-refractivity contribution >= 4 is 17.9 Å². The van der Waals surface area contributed by atoms with Gasteiger partial charge in [-0.2, -0.15) is 9.97 Å². The molecule has 3 aromatic rings. The number of aryl methyl sites for hydroxylation is 1. The van der Waals surface area contributed by atoms with Gasteiger partial charge in [-0.25, -0.2) is 9.97 Å². The Balaban J connectivity index is 1.65. The number of aromatic nitrogens is 7. The van der Waals surface area contributed by atoms with Crippen molar-refractivity contribution < 1.29 is 14.2 Å². The fourth-order valence-electron chi connectivity index (χ4n) is 3.86. The number of methoxy groups -OCH3 is 2. The van der Waals surface area contributed by atoms with Gasteiger partial charge in [-0.15, -0.1) is 10.2 Å². The Morgan fingerprint density at radius 3 is 2.41 bits per heavy atom. The van der Waals surface area contributed by atoms with Gasteiger partial charge >= 0.3 is 0 Å². The lowest BCUT2D eigenvalue weighted by Gasteiger charge is -2.19. The molecule has 4 heterocycles. The number of hydrogen-bond donors (Lipinski definition) is 1. The minimum Gasteiger partial charge on any atom is -0.479 e. The van der Waals surface area contributed by atoms with Crippen molar-refractivity contribution in [2.24, 2.45) is 0 Å². The Kier molecular flexibility index (Phi) is 7.17. The van der Waals surface area contributed by atoms with E-state index in [4.69, 9.17) is 14.2 Å². The first-order chi connectivity index (χ1) is 16.3. The average Bonchev–Trinajstić information content (AvgIpc) is 3.40. The van der Waals surface area contributed by atoms with Crippen molar-refractivity contribution in [2.75, 3.05) is 25.5 Å². The second kappa shape index (κ2) is 10.1. The highest BCUT2D eigenvalue weighted by molar-refractivity contribution is 8.01. The van der Waals surface area contributed by atoms with Gasteiger partial charge in [0.25, 0.3) is 0 Å². The molecule has 0 aliphatic carbocycles. The molecule has 0 saturated carbocycles. The summed E-state index contributed by atoms with van der Waals surface area (Å²) in [5.74, 6) is 2.80. The normalized spacial score (nSPS) is 18.0. The van der Waals surface area contributed by atoms with Crippen molar-refractivity contribution in [3.05, 3.63) is 35.9 Å². The summed E-state index contributed by atoms with van der Waals surface area (Å²) in [5, 5.41) is 9.15. The van der Waals surface area contributed by atoms with Crippen LogP contribution in [0.25, 0.3) is 5.69 Å². The number of hydrogen-bond acceptors (Lipinski definition) is 11. The van der Waals surface area contributed by atoms with Crippen LogP contribution in [0, 0.1) is 6.92 Å². The molecule has 1 aliphatic rings. The standard InChI is InChI=1S/C22H30N8O3S/c1-13-9-23-16(24-10-13)7-14(2)34-29-21-28-27-18(15-8-22(3,4)33-11-15)30(21)17-19(31-5)25-12-26-20(17)32-6/h9-10,12,14-15H,7-8,11H2,1-6H3,(H,28,29). The Morgan fingerprint density at radius 1 is 1.15 bits per heavy atom. The molecule has 34 heavy (non-hydrogen) atoms. The molecule has 2 atom stereocenters. The first-order valence-electron chi connectivity index (χ1n) is 11.0. The Hall–Kier alpha value is -2.99. The average molecular weight is 487 g/mol. The third-order valence-corrected chi connectivity index (χ3v) is 6.36. The van der Waals surface area contributed by atoms with Gasteiger partial charge in [-0.05, 0) is 44.7 Å². The third-order valence-electron chi connectivity index (χ3n) is 5.49. The summed E-state index contributed by atoms with van der Waals surface area (Å²) >= 11 is 1.51. The minimum atomic E-state index is -0.242. The van der Waals surface area contributed by atoms with Gasteiger partial charge in [0.2, 0.25) is 17.7 Å². The Morgan fingerprint density at radius 2 is 1.82 bits per heavy atom. The molecule has 1 saturated heterocycles. The van der Waals surface area contributed by atoms with Crippen molar-refractivity contribution in [3.8, 4) is 17.4 Å². The van der Waals surface area contributed by atoms with E-state index < -0.39 is 0 Å². The summed E-state index contributed by atoms with van der Waals surface area (Å²) in [5.41, 5.74) is 1.33. The van der Waals surface area contributed by atoms with E-state index in [9.17, 15) is 0 Å². The monoisotopic (exact) mass is 486 g/mol. The Labute approximate surface area is 203 Å². The molecule has 2 unspecified atom stereocenters. The van der Waals surface area contributed by atoms with E-state index in [1.807, 2.05) is 23.9 Å². The smallest absolute Gasteiger partial charge is 0.245 e. The van der Waals surface area contributed by atoms with Crippen LogP contribution in [0.15, 0.2) is 18.7 Å². The third kappa shape index (κ3) is 5.22. The molecule has 0 amide bonds. The van der Waals surface area contributed by atoms with E-state index >= 15 is 0 Å². The number of ether oxygens (including phenoxy) is 3. The zero-order chi connectivity index (χ0) is 24.3. The lowest BCUT2D eigenvalue weighted by Crippen LogP contribution is -2.17. The van der Waals surface area contributed by atoms with Crippen LogP contribution in [0.2, 0.25) is 0 Å². The van der Waals surface area contributed by atoms with Gasteiger partial charge in [0.15, 0.2) is 5.69 Å². The predicted octanol–water partition coefficient (Wildman–Crippen LogP) is 3.15. The topological polar surface area (TPSA) is 122 Å². The molecule has 0 spiro atoms. The Bertz CT molecular complexity index is 1100. The maximum Gasteiger partial charge on any atom is 0.245 e.